The molecular formula is C15H21N5OS2. The Morgan fingerprint density at radius 2 is 1.96 bits per heavy atom. The first kappa shape index (κ1) is 17.8. The van der Waals surface area contributed by atoms with Gasteiger partial charge in [-0.15, -0.1) is 16.9 Å². The summed E-state index contributed by atoms with van der Waals surface area (Å²) < 4.78 is 1.73. The third kappa shape index (κ3) is 5.87. The third-order valence-corrected chi connectivity index (χ3v) is 4.78. The summed E-state index contributed by atoms with van der Waals surface area (Å²) in [7, 11) is 0. The van der Waals surface area contributed by atoms with Crippen molar-refractivity contribution in [1.29, 1.82) is 0 Å². The first-order chi connectivity index (χ1) is 11.0. The van der Waals surface area contributed by atoms with Crippen molar-refractivity contribution in [3.05, 3.63) is 30.3 Å². The van der Waals surface area contributed by atoms with Crippen molar-refractivity contribution in [2.45, 2.75) is 36.4 Å². The average molecular weight is 352 g/mol. The van der Waals surface area contributed by atoms with Gasteiger partial charge in [-0.25, -0.2) is 4.68 Å². The van der Waals surface area contributed by atoms with Gasteiger partial charge in [-0.05, 0) is 43.3 Å². The SMILES string of the molecule is CC(C)(C)n1nnnc1SCC(=O)NCCSc1ccccc1. The highest BCUT2D eigenvalue weighted by Gasteiger charge is 2.20. The van der Waals surface area contributed by atoms with Gasteiger partial charge in [-0.3, -0.25) is 4.79 Å². The minimum Gasteiger partial charge on any atom is -0.355 e. The number of hydrogen-bond donors (Lipinski definition) is 1. The maximum atomic E-state index is 11.9. The van der Waals surface area contributed by atoms with Gasteiger partial charge in [-0.2, -0.15) is 0 Å². The molecule has 2 rings (SSSR count). The molecule has 8 heteroatoms. The lowest BCUT2D eigenvalue weighted by atomic mass is 10.1. The molecule has 0 aliphatic heterocycles. The zero-order valence-corrected chi connectivity index (χ0v) is 15.2. The van der Waals surface area contributed by atoms with Crippen molar-refractivity contribution < 1.29 is 4.79 Å². The predicted molar refractivity (Wildman–Crippen MR) is 93.7 cm³/mol. The van der Waals surface area contributed by atoms with E-state index in [0.717, 1.165) is 5.75 Å². The van der Waals surface area contributed by atoms with E-state index in [4.69, 9.17) is 0 Å². The van der Waals surface area contributed by atoms with Crippen molar-refractivity contribution in [2.75, 3.05) is 18.1 Å². The molecule has 0 fully saturated rings. The van der Waals surface area contributed by atoms with E-state index in [1.54, 1.807) is 16.4 Å². The van der Waals surface area contributed by atoms with Crippen LogP contribution in [0.3, 0.4) is 0 Å². The first-order valence-corrected chi connectivity index (χ1v) is 9.30. The Kier molecular flexibility index (Phi) is 6.47. The van der Waals surface area contributed by atoms with Crippen LogP contribution in [-0.4, -0.2) is 44.2 Å². The monoisotopic (exact) mass is 351 g/mol. The van der Waals surface area contributed by atoms with Gasteiger partial charge in [0, 0.05) is 17.2 Å². The molecular weight excluding hydrogens is 330 g/mol. The van der Waals surface area contributed by atoms with Crippen molar-refractivity contribution >= 4 is 29.4 Å². The van der Waals surface area contributed by atoms with Gasteiger partial charge in [0.2, 0.25) is 11.1 Å². The molecule has 0 saturated carbocycles. The van der Waals surface area contributed by atoms with Gasteiger partial charge in [0.25, 0.3) is 0 Å². The topological polar surface area (TPSA) is 72.7 Å². The van der Waals surface area contributed by atoms with Crippen molar-refractivity contribution in [3.63, 3.8) is 0 Å². The Labute approximate surface area is 144 Å². The standard InChI is InChI=1S/C15H21N5OS2/c1-15(2,3)20-14(17-18-19-20)23-11-13(21)16-9-10-22-12-7-5-4-6-8-12/h4-8H,9-11H2,1-3H3,(H,16,21). The van der Waals surface area contributed by atoms with Crippen LogP contribution in [0, 0.1) is 0 Å². The molecule has 0 aliphatic rings. The fourth-order valence-electron chi connectivity index (χ4n) is 1.75. The summed E-state index contributed by atoms with van der Waals surface area (Å²) >= 11 is 3.08. The summed E-state index contributed by atoms with van der Waals surface area (Å²) in [5.74, 6) is 1.15. The zero-order chi connectivity index (χ0) is 16.7. The second-order valence-electron chi connectivity index (χ2n) is 5.84. The molecule has 1 amide bonds. The molecule has 0 atom stereocenters. The average Bonchev–Trinajstić information content (AvgIpc) is 2.99. The van der Waals surface area contributed by atoms with Gasteiger partial charge in [0.1, 0.15) is 0 Å². The van der Waals surface area contributed by atoms with Crippen LogP contribution in [0.2, 0.25) is 0 Å². The van der Waals surface area contributed by atoms with Gasteiger partial charge < -0.3 is 5.32 Å². The number of hydrogen-bond acceptors (Lipinski definition) is 6. The van der Waals surface area contributed by atoms with Gasteiger partial charge >= 0.3 is 0 Å². The molecule has 0 spiro atoms. The second-order valence-corrected chi connectivity index (χ2v) is 7.96. The lowest BCUT2D eigenvalue weighted by Crippen LogP contribution is -2.28. The minimum absolute atomic E-state index is 0.00730. The minimum atomic E-state index is -0.200. The van der Waals surface area contributed by atoms with Crippen molar-refractivity contribution in [1.82, 2.24) is 25.5 Å². The number of rotatable bonds is 7. The predicted octanol–water partition coefficient (Wildman–Crippen LogP) is 2.43. The molecule has 2 aromatic rings. The van der Waals surface area contributed by atoms with Gasteiger partial charge in [-0.1, -0.05) is 30.0 Å². The summed E-state index contributed by atoms with van der Waals surface area (Å²) in [6.07, 6.45) is 0. The van der Waals surface area contributed by atoms with Crippen molar-refractivity contribution in [2.24, 2.45) is 0 Å². The molecule has 0 aliphatic carbocycles. The van der Waals surface area contributed by atoms with E-state index < -0.39 is 0 Å². The van der Waals surface area contributed by atoms with E-state index in [1.807, 2.05) is 39.0 Å². The molecule has 1 heterocycles. The second kappa shape index (κ2) is 8.35. The lowest BCUT2D eigenvalue weighted by molar-refractivity contribution is -0.118. The van der Waals surface area contributed by atoms with Crippen LogP contribution in [0.4, 0.5) is 0 Å². The largest absolute Gasteiger partial charge is 0.355 e. The number of nitrogens with one attached hydrogen (secondary N) is 1. The van der Waals surface area contributed by atoms with E-state index in [-0.39, 0.29) is 11.4 Å². The quantitative estimate of drug-likeness (QED) is 0.610. The summed E-state index contributed by atoms with van der Waals surface area (Å²) in [6.45, 7) is 6.71. The number of tetrazole rings is 1. The number of carbonyl (C=O) groups is 1. The Hall–Kier alpha value is -1.54. The molecule has 124 valence electrons. The van der Waals surface area contributed by atoms with E-state index >= 15 is 0 Å². The van der Waals surface area contributed by atoms with E-state index in [1.165, 1.54) is 16.7 Å². The molecule has 1 aromatic carbocycles. The molecule has 1 aromatic heterocycles. The van der Waals surface area contributed by atoms with Crippen LogP contribution in [0.15, 0.2) is 40.4 Å². The van der Waals surface area contributed by atoms with E-state index in [9.17, 15) is 4.79 Å². The zero-order valence-electron chi connectivity index (χ0n) is 13.5. The summed E-state index contributed by atoms with van der Waals surface area (Å²) in [6, 6.07) is 10.1. The van der Waals surface area contributed by atoms with Gasteiger partial charge in [0.05, 0.1) is 11.3 Å². The number of benzene rings is 1. The Morgan fingerprint density at radius 1 is 1.22 bits per heavy atom. The number of carbonyl (C=O) groups excluding carboxylic acids is 1. The Morgan fingerprint density at radius 3 is 2.65 bits per heavy atom. The molecule has 0 unspecified atom stereocenters. The summed E-state index contributed by atoms with van der Waals surface area (Å²) in [5, 5.41) is 15.2. The number of aromatic nitrogens is 4. The molecule has 6 nitrogen and oxygen atoms in total. The maximum absolute atomic E-state index is 11.9. The number of amides is 1. The number of nitrogens with zero attached hydrogens (tertiary/aromatic N) is 4. The third-order valence-electron chi connectivity index (χ3n) is 2.84. The summed E-state index contributed by atoms with van der Waals surface area (Å²) in [5.41, 5.74) is -0.200. The Balaban J connectivity index is 1.69. The highest BCUT2D eigenvalue weighted by Crippen LogP contribution is 2.21. The molecule has 0 saturated heterocycles. The molecule has 0 bridgehead atoms. The van der Waals surface area contributed by atoms with E-state index in [2.05, 4.69) is 33.0 Å². The highest BCUT2D eigenvalue weighted by molar-refractivity contribution is 7.99. The smallest absolute Gasteiger partial charge is 0.230 e. The molecule has 0 radical (unpaired) electrons. The lowest BCUT2D eigenvalue weighted by Gasteiger charge is -2.19. The number of thioether (sulfide) groups is 2. The highest BCUT2D eigenvalue weighted by atomic mass is 32.2. The van der Waals surface area contributed by atoms with Crippen LogP contribution in [0.5, 0.6) is 0 Å². The van der Waals surface area contributed by atoms with Crippen LogP contribution in [0.25, 0.3) is 0 Å². The van der Waals surface area contributed by atoms with Crippen LogP contribution < -0.4 is 5.32 Å². The van der Waals surface area contributed by atoms with Gasteiger partial charge in [0.15, 0.2) is 0 Å². The fourth-order valence-corrected chi connectivity index (χ4v) is 3.43. The first-order valence-electron chi connectivity index (χ1n) is 7.33. The normalized spacial score (nSPS) is 11.4. The van der Waals surface area contributed by atoms with Crippen LogP contribution >= 0.6 is 23.5 Å². The molecule has 1 N–H and O–H groups in total. The maximum Gasteiger partial charge on any atom is 0.230 e. The van der Waals surface area contributed by atoms with Crippen LogP contribution in [-0.2, 0) is 10.3 Å². The van der Waals surface area contributed by atoms with Crippen molar-refractivity contribution in [3.8, 4) is 0 Å². The fraction of sp³-hybridized carbons (Fsp3) is 0.467. The molecule has 23 heavy (non-hydrogen) atoms. The van der Waals surface area contributed by atoms with Crippen LogP contribution in [0.1, 0.15) is 20.8 Å². The summed E-state index contributed by atoms with van der Waals surface area (Å²) in [4.78, 5) is 13.1. The van der Waals surface area contributed by atoms with E-state index in [0.29, 0.717) is 17.5 Å². The Bertz CT molecular complexity index is 624.